The first-order chi connectivity index (χ1) is 9.38. The Hall–Kier alpha value is -1.73. The van der Waals surface area contributed by atoms with E-state index in [-0.39, 0.29) is 17.8 Å². The van der Waals surface area contributed by atoms with E-state index in [1.165, 1.54) is 6.07 Å². The van der Waals surface area contributed by atoms with E-state index in [1.807, 2.05) is 19.0 Å². The van der Waals surface area contributed by atoms with Gasteiger partial charge in [-0.25, -0.2) is 4.98 Å². The van der Waals surface area contributed by atoms with Gasteiger partial charge in [0, 0.05) is 25.2 Å². The first-order valence-corrected chi connectivity index (χ1v) is 6.60. The summed E-state index contributed by atoms with van der Waals surface area (Å²) in [6.45, 7) is 2.96. The molecular formula is C13H20N4O3. The third kappa shape index (κ3) is 3.05. The van der Waals surface area contributed by atoms with E-state index >= 15 is 0 Å². The highest BCUT2D eigenvalue weighted by atomic mass is 16.6. The normalized spacial score (nSPS) is 22.6. The number of aliphatic hydroxyl groups is 1. The molecule has 0 spiro atoms. The number of aromatic nitrogens is 1. The van der Waals surface area contributed by atoms with Crippen molar-refractivity contribution in [3.05, 3.63) is 27.9 Å². The average Bonchev–Trinajstić information content (AvgIpc) is 2.68. The van der Waals surface area contributed by atoms with Gasteiger partial charge in [-0.05, 0) is 33.5 Å². The van der Waals surface area contributed by atoms with Crippen LogP contribution in [0.1, 0.15) is 12.1 Å². The fourth-order valence-corrected chi connectivity index (χ4v) is 2.66. The Kier molecular flexibility index (Phi) is 4.20. The number of aliphatic hydroxyl groups excluding tert-OH is 1. The number of hydrogen-bond donors (Lipinski definition) is 1. The minimum atomic E-state index is -0.428. The van der Waals surface area contributed by atoms with Crippen molar-refractivity contribution in [2.75, 3.05) is 32.1 Å². The Bertz CT molecular complexity index is 506. The van der Waals surface area contributed by atoms with Crippen molar-refractivity contribution >= 4 is 11.5 Å². The first kappa shape index (κ1) is 14.7. The molecule has 1 saturated heterocycles. The summed E-state index contributed by atoms with van der Waals surface area (Å²) in [7, 11) is 3.97. The summed E-state index contributed by atoms with van der Waals surface area (Å²) in [5.74, 6) is 0.691. The highest BCUT2D eigenvalue weighted by molar-refractivity contribution is 5.48. The molecule has 0 aromatic carbocycles. The third-order valence-corrected chi connectivity index (χ3v) is 3.50. The molecule has 0 amide bonds. The molecule has 20 heavy (non-hydrogen) atoms. The lowest BCUT2D eigenvalue weighted by molar-refractivity contribution is -0.385. The van der Waals surface area contributed by atoms with Crippen LogP contribution < -0.4 is 4.90 Å². The first-order valence-electron chi connectivity index (χ1n) is 6.60. The van der Waals surface area contributed by atoms with Gasteiger partial charge in [0.25, 0.3) is 5.69 Å². The van der Waals surface area contributed by atoms with Crippen molar-refractivity contribution in [3.8, 4) is 0 Å². The van der Waals surface area contributed by atoms with Gasteiger partial charge in [-0.3, -0.25) is 10.1 Å². The topological polar surface area (TPSA) is 82.7 Å². The summed E-state index contributed by atoms with van der Waals surface area (Å²) < 4.78 is 0. The number of anilines is 1. The summed E-state index contributed by atoms with van der Waals surface area (Å²) in [6, 6.07) is 3.31. The molecule has 7 heteroatoms. The molecule has 0 radical (unpaired) electrons. The van der Waals surface area contributed by atoms with Gasteiger partial charge in [0.05, 0.1) is 11.0 Å². The molecule has 0 bridgehead atoms. The lowest BCUT2D eigenvalue weighted by Crippen LogP contribution is -2.38. The minimum Gasteiger partial charge on any atom is -0.391 e. The molecule has 2 atom stereocenters. The maximum Gasteiger partial charge on any atom is 0.290 e. The van der Waals surface area contributed by atoms with Crippen LogP contribution in [0.25, 0.3) is 0 Å². The van der Waals surface area contributed by atoms with Crippen LogP contribution in [0.5, 0.6) is 0 Å². The second-order valence-corrected chi connectivity index (χ2v) is 5.49. The molecule has 1 N–H and O–H groups in total. The summed E-state index contributed by atoms with van der Waals surface area (Å²) >= 11 is 0. The maximum atomic E-state index is 10.8. The minimum absolute atomic E-state index is 0.0256. The zero-order valence-electron chi connectivity index (χ0n) is 12.0. The van der Waals surface area contributed by atoms with Gasteiger partial charge in [-0.2, -0.15) is 0 Å². The van der Waals surface area contributed by atoms with E-state index in [2.05, 4.69) is 9.88 Å². The summed E-state index contributed by atoms with van der Waals surface area (Å²) in [4.78, 5) is 18.8. The van der Waals surface area contributed by atoms with Crippen LogP contribution in [0.15, 0.2) is 12.1 Å². The van der Waals surface area contributed by atoms with Crippen LogP contribution in [0.2, 0.25) is 0 Å². The molecule has 0 aliphatic carbocycles. The van der Waals surface area contributed by atoms with Crippen molar-refractivity contribution < 1.29 is 10.0 Å². The van der Waals surface area contributed by atoms with E-state index in [1.54, 1.807) is 13.0 Å². The Morgan fingerprint density at radius 2 is 2.25 bits per heavy atom. The predicted molar refractivity (Wildman–Crippen MR) is 75.9 cm³/mol. The molecule has 2 unspecified atom stereocenters. The number of pyridine rings is 1. The third-order valence-electron chi connectivity index (χ3n) is 3.50. The SMILES string of the molecule is Cc1nc(N2CC(O)CC2CN(C)C)ccc1[N+](=O)[O-]. The van der Waals surface area contributed by atoms with E-state index < -0.39 is 4.92 Å². The summed E-state index contributed by atoms with van der Waals surface area (Å²) in [6.07, 6.45) is 0.313. The van der Waals surface area contributed by atoms with Gasteiger partial charge in [0.15, 0.2) is 0 Å². The molecule has 1 aromatic heterocycles. The molecule has 1 fully saturated rings. The average molecular weight is 280 g/mol. The van der Waals surface area contributed by atoms with Crippen LogP contribution >= 0.6 is 0 Å². The van der Waals surface area contributed by atoms with Gasteiger partial charge in [-0.1, -0.05) is 0 Å². The zero-order chi connectivity index (χ0) is 14.9. The molecular weight excluding hydrogens is 260 g/mol. The molecule has 1 aliphatic heterocycles. The van der Waals surface area contributed by atoms with Crippen molar-refractivity contribution in [1.82, 2.24) is 9.88 Å². The summed E-state index contributed by atoms with van der Waals surface area (Å²) in [5, 5.41) is 20.7. The van der Waals surface area contributed by atoms with Crippen molar-refractivity contribution in [3.63, 3.8) is 0 Å². The molecule has 1 aromatic rings. The second-order valence-electron chi connectivity index (χ2n) is 5.49. The van der Waals surface area contributed by atoms with Crippen molar-refractivity contribution in [2.45, 2.75) is 25.5 Å². The number of nitrogens with zero attached hydrogens (tertiary/aromatic N) is 4. The lowest BCUT2D eigenvalue weighted by Gasteiger charge is -2.27. The zero-order valence-corrected chi connectivity index (χ0v) is 12.0. The van der Waals surface area contributed by atoms with Gasteiger partial charge in [0.2, 0.25) is 0 Å². The highest BCUT2D eigenvalue weighted by Crippen LogP contribution is 2.27. The Morgan fingerprint density at radius 3 is 2.80 bits per heavy atom. The van der Waals surface area contributed by atoms with Crippen LogP contribution in [-0.2, 0) is 0 Å². The monoisotopic (exact) mass is 280 g/mol. The van der Waals surface area contributed by atoms with Gasteiger partial charge < -0.3 is 14.9 Å². The van der Waals surface area contributed by atoms with E-state index in [0.29, 0.717) is 24.5 Å². The number of nitro groups is 1. The number of hydrogen-bond acceptors (Lipinski definition) is 6. The standard InChI is InChI=1S/C13H20N4O3/c1-9-12(17(19)20)4-5-13(14-9)16-8-11(18)6-10(16)7-15(2)3/h4-5,10-11,18H,6-8H2,1-3H3. The number of β-amino-alcohol motifs (C(OH)–C–C–N with tert-alkyl or cyclic N) is 1. The molecule has 2 heterocycles. The molecule has 0 saturated carbocycles. The molecule has 110 valence electrons. The van der Waals surface area contributed by atoms with Crippen LogP contribution in [-0.4, -0.2) is 59.2 Å². The Morgan fingerprint density at radius 1 is 1.55 bits per heavy atom. The number of rotatable bonds is 4. The quantitative estimate of drug-likeness (QED) is 0.649. The van der Waals surface area contributed by atoms with E-state index in [4.69, 9.17) is 0 Å². The fraction of sp³-hybridized carbons (Fsp3) is 0.615. The largest absolute Gasteiger partial charge is 0.391 e. The molecule has 1 aliphatic rings. The van der Waals surface area contributed by atoms with Gasteiger partial charge >= 0.3 is 0 Å². The van der Waals surface area contributed by atoms with Crippen molar-refractivity contribution in [2.24, 2.45) is 0 Å². The predicted octanol–water partition coefficient (Wildman–Crippen LogP) is 0.799. The smallest absolute Gasteiger partial charge is 0.290 e. The fourth-order valence-electron chi connectivity index (χ4n) is 2.66. The van der Waals surface area contributed by atoms with Gasteiger partial charge in [0.1, 0.15) is 11.5 Å². The lowest BCUT2D eigenvalue weighted by atomic mass is 10.2. The van der Waals surface area contributed by atoms with Crippen molar-refractivity contribution in [1.29, 1.82) is 0 Å². The molecule has 2 rings (SSSR count). The van der Waals surface area contributed by atoms with Crippen LogP contribution in [0, 0.1) is 17.0 Å². The Balaban J connectivity index is 2.25. The van der Waals surface area contributed by atoms with Crippen LogP contribution in [0.4, 0.5) is 11.5 Å². The summed E-state index contributed by atoms with van der Waals surface area (Å²) in [5.41, 5.74) is 0.426. The molecule has 7 nitrogen and oxygen atoms in total. The second kappa shape index (κ2) is 5.72. The number of aryl methyl sites for hydroxylation is 1. The van der Waals surface area contributed by atoms with Gasteiger partial charge in [-0.15, -0.1) is 0 Å². The Labute approximate surface area is 118 Å². The van der Waals surface area contributed by atoms with E-state index in [0.717, 1.165) is 6.54 Å². The highest BCUT2D eigenvalue weighted by Gasteiger charge is 2.32. The van der Waals surface area contributed by atoms with Crippen LogP contribution in [0.3, 0.4) is 0 Å². The number of likely N-dealkylation sites (N-methyl/N-ethyl adjacent to an activating group) is 1. The van der Waals surface area contributed by atoms with E-state index in [9.17, 15) is 15.2 Å². The maximum absolute atomic E-state index is 10.8.